The first-order valence-electron chi connectivity index (χ1n) is 6.75. The molecule has 114 valence electrons. The number of carbonyl (C=O) groups excluding carboxylic acids is 1. The van der Waals surface area contributed by atoms with Crippen LogP contribution >= 0.6 is 34.5 Å². The van der Waals surface area contributed by atoms with Gasteiger partial charge in [0, 0.05) is 4.88 Å². The molecule has 6 heteroatoms. The molecule has 0 saturated heterocycles. The van der Waals surface area contributed by atoms with Crippen LogP contribution in [0.2, 0.25) is 10.0 Å². The summed E-state index contributed by atoms with van der Waals surface area (Å²) in [5.41, 5.74) is 0. The average Bonchev–Trinajstić information content (AvgIpc) is 2.84. The Morgan fingerprint density at radius 1 is 1.33 bits per heavy atom. The number of rotatable bonds is 6. The zero-order valence-corrected chi connectivity index (χ0v) is 14.1. The monoisotopic (exact) mass is 345 g/mol. The van der Waals surface area contributed by atoms with Crippen molar-refractivity contribution in [1.29, 1.82) is 0 Å². The van der Waals surface area contributed by atoms with E-state index in [1.165, 1.54) is 4.88 Å². The van der Waals surface area contributed by atoms with Crippen LogP contribution in [0.4, 0.5) is 0 Å². The summed E-state index contributed by atoms with van der Waals surface area (Å²) >= 11 is 14.1. The average molecular weight is 346 g/mol. The number of carboxylic acid groups (broad SMARTS) is 1. The number of benzene rings is 1. The Kier molecular flexibility index (Phi) is 5.36. The van der Waals surface area contributed by atoms with E-state index in [1.54, 1.807) is 24.3 Å². The van der Waals surface area contributed by atoms with Gasteiger partial charge in [-0.25, -0.2) is 0 Å². The van der Waals surface area contributed by atoms with E-state index < -0.39 is 12.1 Å². The summed E-state index contributed by atoms with van der Waals surface area (Å²) in [7, 11) is 0. The fourth-order valence-corrected chi connectivity index (χ4v) is 3.81. The lowest BCUT2D eigenvalue weighted by molar-refractivity contribution is -0.313. The molecular weight excluding hydrogens is 331 g/mol. The normalized spacial score (nSPS) is 12.6. The van der Waals surface area contributed by atoms with Crippen LogP contribution in [0.15, 0.2) is 12.1 Å². The molecular formula is C15H15Cl2O3S-. The number of aryl methyl sites for hydroxylation is 1. The number of carboxylic acids is 1. The van der Waals surface area contributed by atoms with Gasteiger partial charge in [0.05, 0.1) is 15.7 Å². The summed E-state index contributed by atoms with van der Waals surface area (Å²) in [6.45, 7) is 3.82. The molecule has 0 N–H and O–H groups in total. The Morgan fingerprint density at radius 3 is 2.62 bits per heavy atom. The number of fused-ring (bicyclic) bond motifs is 1. The predicted molar refractivity (Wildman–Crippen MR) is 85.6 cm³/mol. The fraction of sp³-hybridized carbons (Fsp3) is 0.400. The van der Waals surface area contributed by atoms with E-state index in [0.717, 1.165) is 22.9 Å². The van der Waals surface area contributed by atoms with E-state index in [2.05, 4.69) is 6.92 Å². The quantitative estimate of drug-likeness (QED) is 0.792. The van der Waals surface area contributed by atoms with Crippen molar-refractivity contribution in [3.05, 3.63) is 27.1 Å². The van der Waals surface area contributed by atoms with Gasteiger partial charge in [-0.2, -0.15) is 0 Å². The molecule has 2 rings (SSSR count). The number of ether oxygens (including phenoxy) is 1. The maximum Gasteiger partial charge on any atom is 0.141 e. The van der Waals surface area contributed by atoms with Gasteiger partial charge in [-0.3, -0.25) is 0 Å². The molecule has 0 saturated carbocycles. The lowest BCUT2D eigenvalue weighted by atomic mass is 10.2. The lowest BCUT2D eigenvalue weighted by Gasteiger charge is -2.19. The van der Waals surface area contributed by atoms with Crippen molar-refractivity contribution >= 4 is 50.6 Å². The van der Waals surface area contributed by atoms with Crippen molar-refractivity contribution in [2.45, 2.75) is 39.2 Å². The molecule has 0 fully saturated rings. The molecule has 0 aliphatic rings. The van der Waals surface area contributed by atoms with Crippen molar-refractivity contribution in [1.82, 2.24) is 0 Å². The number of hydrogen-bond donors (Lipinski definition) is 0. The maximum absolute atomic E-state index is 11.0. The Bertz CT molecular complexity index is 666. The molecule has 0 amide bonds. The largest absolute Gasteiger partial charge is 0.546 e. The van der Waals surface area contributed by atoms with E-state index in [1.807, 2.05) is 6.07 Å². The van der Waals surface area contributed by atoms with Gasteiger partial charge in [-0.15, -0.1) is 11.3 Å². The van der Waals surface area contributed by atoms with Gasteiger partial charge in [0.1, 0.15) is 16.9 Å². The molecule has 1 aromatic heterocycles. The summed E-state index contributed by atoms with van der Waals surface area (Å²) in [6.07, 6.45) is 1.27. The number of aliphatic carboxylic acids is 1. The highest BCUT2D eigenvalue weighted by Crippen LogP contribution is 2.42. The van der Waals surface area contributed by atoms with Gasteiger partial charge >= 0.3 is 0 Å². The molecule has 1 heterocycles. The van der Waals surface area contributed by atoms with E-state index in [0.29, 0.717) is 11.4 Å². The van der Waals surface area contributed by atoms with E-state index in [4.69, 9.17) is 27.9 Å². The molecule has 0 aliphatic carbocycles. The summed E-state index contributed by atoms with van der Waals surface area (Å²) in [5.74, 6) is -0.979. The van der Waals surface area contributed by atoms with Crippen LogP contribution in [0.1, 0.15) is 31.6 Å². The Labute approximate surface area is 137 Å². The zero-order chi connectivity index (χ0) is 15.6. The molecule has 0 spiro atoms. The third-order valence-electron chi connectivity index (χ3n) is 3.11. The standard InChI is InChI=1S/C15H16Cl2O3S/c1-3-5-9-6-8-7-11(20-10(4-2)15(18)19)12(16)13(17)14(8)21-9/h6-7,10H,3-5H2,1-2H3,(H,18,19)/p-1. The maximum atomic E-state index is 11.0. The number of hydrogen-bond acceptors (Lipinski definition) is 4. The minimum Gasteiger partial charge on any atom is -0.546 e. The predicted octanol–water partition coefficient (Wildman–Crippen LogP) is 4.07. The second-order valence-corrected chi connectivity index (χ2v) is 6.61. The van der Waals surface area contributed by atoms with Crippen LogP contribution in [0.5, 0.6) is 5.75 Å². The van der Waals surface area contributed by atoms with Crippen molar-refractivity contribution in [3.8, 4) is 5.75 Å². The van der Waals surface area contributed by atoms with Crippen LogP contribution in [0.25, 0.3) is 10.1 Å². The van der Waals surface area contributed by atoms with Crippen LogP contribution in [0, 0.1) is 0 Å². The van der Waals surface area contributed by atoms with Crippen LogP contribution < -0.4 is 9.84 Å². The highest BCUT2D eigenvalue weighted by molar-refractivity contribution is 7.19. The second-order valence-electron chi connectivity index (χ2n) is 4.72. The highest BCUT2D eigenvalue weighted by Gasteiger charge is 2.17. The van der Waals surface area contributed by atoms with Crippen molar-refractivity contribution in [2.24, 2.45) is 0 Å². The SMILES string of the molecule is CCCc1cc2cc(OC(CC)C(=O)[O-])c(Cl)c(Cl)c2s1. The molecule has 3 nitrogen and oxygen atoms in total. The molecule has 1 aromatic carbocycles. The Hall–Kier alpha value is -0.970. The molecule has 0 radical (unpaired) electrons. The van der Waals surface area contributed by atoms with Gasteiger partial charge in [0.15, 0.2) is 0 Å². The fourth-order valence-electron chi connectivity index (χ4n) is 2.06. The summed E-state index contributed by atoms with van der Waals surface area (Å²) in [6, 6.07) is 3.78. The van der Waals surface area contributed by atoms with Crippen LogP contribution in [-0.4, -0.2) is 12.1 Å². The molecule has 1 atom stereocenters. The molecule has 21 heavy (non-hydrogen) atoms. The van der Waals surface area contributed by atoms with E-state index >= 15 is 0 Å². The van der Waals surface area contributed by atoms with Gasteiger partial charge < -0.3 is 14.6 Å². The Balaban J connectivity index is 2.45. The van der Waals surface area contributed by atoms with E-state index in [9.17, 15) is 9.90 Å². The summed E-state index contributed by atoms with van der Waals surface area (Å²) in [5, 5.41) is 12.5. The highest BCUT2D eigenvalue weighted by atomic mass is 35.5. The number of halogens is 2. The first kappa shape index (κ1) is 16.4. The minimum atomic E-state index is -1.26. The number of thiophene rings is 1. The van der Waals surface area contributed by atoms with Crippen molar-refractivity contribution in [3.63, 3.8) is 0 Å². The summed E-state index contributed by atoms with van der Waals surface area (Å²) < 4.78 is 6.34. The van der Waals surface area contributed by atoms with Crippen LogP contribution in [0.3, 0.4) is 0 Å². The lowest BCUT2D eigenvalue weighted by Crippen LogP contribution is -2.39. The Morgan fingerprint density at radius 2 is 2.05 bits per heavy atom. The molecule has 1 unspecified atom stereocenters. The van der Waals surface area contributed by atoms with E-state index in [-0.39, 0.29) is 10.8 Å². The second kappa shape index (κ2) is 6.86. The number of carbonyl (C=O) groups is 1. The zero-order valence-electron chi connectivity index (χ0n) is 11.7. The molecule has 0 aliphatic heterocycles. The third kappa shape index (κ3) is 3.44. The van der Waals surface area contributed by atoms with Gasteiger partial charge in [0.2, 0.25) is 0 Å². The topological polar surface area (TPSA) is 49.4 Å². The first-order valence-corrected chi connectivity index (χ1v) is 8.33. The van der Waals surface area contributed by atoms with Crippen molar-refractivity contribution in [2.75, 3.05) is 0 Å². The third-order valence-corrected chi connectivity index (χ3v) is 5.30. The molecule has 2 aromatic rings. The smallest absolute Gasteiger partial charge is 0.141 e. The summed E-state index contributed by atoms with van der Waals surface area (Å²) in [4.78, 5) is 12.2. The first-order chi connectivity index (χ1) is 9.97. The van der Waals surface area contributed by atoms with Gasteiger partial charge in [-0.05, 0) is 30.4 Å². The molecule has 0 bridgehead atoms. The van der Waals surface area contributed by atoms with Crippen LogP contribution in [-0.2, 0) is 11.2 Å². The van der Waals surface area contributed by atoms with Gasteiger partial charge in [0.25, 0.3) is 0 Å². The van der Waals surface area contributed by atoms with Crippen molar-refractivity contribution < 1.29 is 14.6 Å². The minimum absolute atomic E-state index is 0.244. The van der Waals surface area contributed by atoms with Gasteiger partial charge in [-0.1, -0.05) is 43.5 Å².